The predicted octanol–water partition coefficient (Wildman–Crippen LogP) is 2.58. The van der Waals surface area contributed by atoms with E-state index in [1.54, 1.807) is 0 Å². The topological polar surface area (TPSA) is 81.5 Å². The molecule has 0 spiro atoms. The minimum absolute atomic E-state index is 0.423. The van der Waals surface area contributed by atoms with Crippen molar-refractivity contribution in [3.63, 3.8) is 0 Å². The molecule has 6 heteroatoms. The Balaban J connectivity index is 1.93. The molecule has 120 valence electrons. The molecule has 1 fully saturated rings. The van der Waals surface area contributed by atoms with Crippen molar-refractivity contribution in [2.45, 2.75) is 45.4 Å². The van der Waals surface area contributed by atoms with E-state index >= 15 is 0 Å². The van der Waals surface area contributed by atoms with Crippen LogP contribution in [0.5, 0.6) is 0 Å². The number of H-pyrrole nitrogens is 1. The fourth-order valence-corrected chi connectivity index (χ4v) is 3.43. The lowest BCUT2D eigenvalue weighted by Gasteiger charge is -2.33. The van der Waals surface area contributed by atoms with Gasteiger partial charge in [-0.1, -0.05) is 13.8 Å². The molecule has 1 atom stereocenters. The van der Waals surface area contributed by atoms with Crippen LogP contribution in [0.15, 0.2) is 12.4 Å². The standard InChI is InChI=1S/C17H22N6/c1-3-14-15(8-18)17(22-21-16(14)4-2)23-7-5-6-12(11-23)13-9-19-20-10-13/h9-10,12H,3-7,11H2,1-2H3,(H,19,20)/t12-/m0/s1. The van der Waals surface area contributed by atoms with Crippen LogP contribution in [-0.4, -0.2) is 33.5 Å². The van der Waals surface area contributed by atoms with Crippen molar-refractivity contribution in [2.24, 2.45) is 0 Å². The molecule has 0 radical (unpaired) electrons. The van der Waals surface area contributed by atoms with Gasteiger partial charge in [0.25, 0.3) is 0 Å². The molecule has 2 aromatic rings. The Bertz CT molecular complexity index is 701. The first-order valence-electron chi connectivity index (χ1n) is 8.30. The maximum absolute atomic E-state index is 9.67. The largest absolute Gasteiger partial charge is 0.353 e. The maximum atomic E-state index is 9.67. The van der Waals surface area contributed by atoms with Crippen molar-refractivity contribution in [3.8, 4) is 6.07 Å². The second-order valence-corrected chi connectivity index (χ2v) is 5.96. The van der Waals surface area contributed by atoms with Crippen molar-refractivity contribution < 1.29 is 0 Å². The smallest absolute Gasteiger partial charge is 0.169 e. The quantitative estimate of drug-likeness (QED) is 0.938. The number of rotatable bonds is 4. The lowest BCUT2D eigenvalue weighted by molar-refractivity contribution is 0.505. The van der Waals surface area contributed by atoms with Crippen LogP contribution < -0.4 is 4.90 Å². The number of aromatic nitrogens is 4. The minimum Gasteiger partial charge on any atom is -0.353 e. The van der Waals surface area contributed by atoms with Crippen LogP contribution >= 0.6 is 0 Å². The predicted molar refractivity (Wildman–Crippen MR) is 88.3 cm³/mol. The third-order valence-corrected chi connectivity index (χ3v) is 4.65. The molecule has 0 aliphatic carbocycles. The molecule has 2 aromatic heterocycles. The second kappa shape index (κ2) is 6.78. The van der Waals surface area contributed by atoms with Crippen molar-refractivity contribution in [1.82, 2.24) is 20.4 Å². The van der Waals surface area contributed by atoms with Crippen LogP contribution in [0.3, 0.4) is 0 Å². The monoisotopic (exact) mass is 310 g/mol. The first kappa shape index (κ1) is 15.5. The molecule has 1 N–H and O–H groups in total. The Morgan fingerprint density at radius 3 is 2.87 bits per heavy atom. The Hall–Kier alpha value is -2.42. The van der Waals surface area contributed by atoms with Gasteiger partial charge in [-0.2, -0.15) is 15.5 Å². The summed E-state index contributed by atoms with van der Waals surface area (Å²) in [5, 5.41) is 25.4. The van der Waals surface area contributed by atoms with E-state index in [-0.39, 0.29) is 0 Å². The summed E-state index contributed by atoms with van der Waals surface area (Å²) in [5.74, 6) is 1.17. The molecule has 0 amide bonds. The van der Waals surface area contributed by atoms with Crippen LogP contribution in [0.2, 0.25) is 0 Å². The Kier molecular flexibility index (Phi) is 4.56. The summed E-state index contributed by atoms with van der Waals surface area (Å²) in [6.07, 6.45) is 7.69. The van der Waals surface area contributed by atoms with E-state index in [1.165, 1.54) is 5.56 Å². The number of anilines is 1. The van der Waals surface area contributed by atoms with Gasteiger partial charge in [-0.15, -0.1) is 5.10 Å². The highest BCUT2D eigenvalue weighted by Gasteiger charge is 2.26. The lowest BCUT2D eigenvalue weighted by Crippen LogP contribution is -2.36. The van der Waals surface area contributed by atoms with Crippen LogP contribution in [0.4, 0.5) is 5.82 Å². The van der Waals surface area contributed by atoms with E-state index in [1.807, 2.05) is 12.4 Å². The number of nitriles is 1. The van der Waals surface area contributed by atoms with Gasteiger partial charge in [0, 0.05) is 25.2 Å². The number of nitrogens with zero attached hydrogens (tertiary/aromatic N) is 5. The van der Waals surface area contributed by atoms with E-state index < -0.39 is 0 Å². The van der Waals surface area contributed by atoms with Gasteiger partial charge in [-0.05, 0) is 36.8 Å². The van der Waals surface area contributed by atoms with E-state index in [4.69, 9.17) is 0 Å². The van der Waals surface area contributed by atoms with Gasteiger partial charge in [-0.3, -0.25) is 5.10 Å². The molecule has 1 aliphatic heterocycles. The van der Waals surface area contributed by atoms with Crippen molar-refractivity contribution in [3.05, 3.63) is 34.8 Å². The van der Waals surface area contributed by atoms with Crippen molar-refractivity contribution >= 4 is 5.82 Å². The van der Waals surface area contributed by atoms with Gasteiger partial charge in [0.15, 0.2) is 5.82 Å². The normalized spacial score (nSPS) is 18.0. The van der Waals surface area contributed by atoms with Gasteiger partial charge in [0.2, 0.25) is 0 Å². The molecule has 3 heterocycles. The van der Waals surface area contributed by atoms with Gasteiger partial charge in [0.05, 0.1) is 11.9 Å². The third kappa shape index (κ3) is 2.91. The van der Waals surface area contributed by atoms with Gasteiger partial charge in [-0.25, -0.2) is 0 Å². The number of aryl methyl sites for hydroxylation is 1. The summed E-state index contributed by atoms with van der Waals surface area (Å²) in [4.78, 5) is 2.21. The van der Waals surface area contributed by atoms with E-state index in [2.05, 4.69) is 45.2 Å². The highest BCUT2D eigenvalue weighted by Crippen LogP contribution is 2.31. The molecule has 0 bridgehead atoms. The molecule has 0 unspecified atom stereocenters. The fourth-order valence-electron chi connectivity index (χ4n) is 3.43. The molecular formula is C17H22N6. The first-order valence-corrected chi connectivity index (χ1v) is 8.30. The number of piperidine rings is 1. The first-order chi connectivity index (χ1) is 11.3. The van der Waals surface area contributed by atoms with Crippen LogP contribution in [0.25, 0.3) is 0 Å². The van der Waals surface area contributed by atoms with Crippen LogP contribution in [0, 0.1) is 11.3 Å². The molecule has 23 heavy (non-hydrogen) atoms. The zero-order valence-electron chi connectivity index (χ0n) is 13.7. The van der Waals surface area contributed by atoms with E-state index in [0.29, 0.717) is 11.5 Å². The van der Waals surface area contributed by atoms with Crippen molar-refractivity contribution in [2.75, 3.05) is 18.0 Å². The Labute approximate surface area is 136 Å². The van der Waals surface area contributed by atoms with Gasteiger partial charge in [0.1, 0.15) is 11.6 Å². The summed E-state index contributed by atoms with van der Waals surface area (Å²) in [6, 6.07) is 2.37. The number of aromatic amines is 1. The average Bonchev–Trinajstić information content (AvgIpc) is 3.15. The fraction of sp³-hybridized carbons (Fsp3) is 0.529. The highest BCUT2D eigenvalue weighted by molar-refractivity contribution is 5.58. The number of nitrogens with one attached hydrogen (secondary N) is 1. The zero-order valence-corrected chi connectivity index (χ0v) is 13.7. The summed E-state index contributed by atoms with van der Waals surface area (Å²) in [5.41, 5.74) is 3.91. The molecule has 1 aliphatic rings. The average molecular weight is 310 g/mol. The SMILES string of the molecule is CCc1nnc(N2CCC[C@H](c3cn[nH]c3)C2)c(C#N)c1CC. The van der Waals surface area contributed by atoms with E-state index in [9.17, 15) is 5.26 Å². The minimum atomic E-state index is 0.423. The number of hydrogen-bond donors (Lipinski definition) is 1. The van der Waals surface area contributed by atoms with Crippen molar-refractivity contribution in [1.29, 1.82) is 5.26 Å². The lowest BCUT2D eigenvalue weighted by atomic mass is 9.92. The maximum Gasteiger partial charge on any atom is 0.169 e. The Morgan fingerprint density at radius 2 is 2.22 bits per heavy atom. The molecule has 3 rings (SSSR count). The summed E-state index contributed by atoms with van der Waals surface area (Å²) in [7, 11) is 0. The summed E-state index contributed by atoms with van der Waals surface area (Å²) in [6.45, 7) is 5.91. The van der Waals surface area contributed by atoms with Crippen LogP contribution in [0.1, 0.15) is 55.0 Å². The zero-order chi connectivity index (χ0) is 16.2. The molecule has 0 aromatic carbocycles. The highest BCUT2D eigenvalue weighted by atomic mass is 15.3. The third-order valence-electron chi connectivity index (χ3n) is 4.65. The number of hydrogen-bond acceptors (Lipinski definition) is 5. The van der Waals surface area contributed by atoms with E-state index in [0.717, 1.165) is 55.8 Å². The molecular weight excluding hydrogens is 288 g/mol. The summed E-state index contributed by atoms with van der Waals surface area (Å²) < 4.78 is 0. The van der Waals surface area contributed by atoms with Gasteiger partial charge < -0.3 is 4.90 Å². The second-order valence-electron chi connectivity index (χ2n) is 5.96. The van der Waals surface area contributed by atoms with Gasteiger partial charge >= 0.3 is 0 Å². The Morgan fingerprint density at radius 1 is 1.35 bits per heavy atom. The van der Waals surface area contributed by atoms with Crippen LogP contribution in [-0.2, 0) is 12.8 Å². The summed E-state index contributed by atoms with van der Waals surface area (Å²) >= 11 is 0. The molecule has 1 saturated heterocycles. The molecule has 0 saturated carbocycles. The molecule has 6 nitrogen and oxygen atoms in total.